The largest absolute Gasteiger partial charge is 0.479 e. The molecule has 1 saturated carbocycles. The van der Waals surface area contributed by atoms with E-state index in [2.05, 4.69) is 0 Å². The Bertz CT molecular complexity index is 289. The average Bonchev–Trinajstić information content (AvgIpc) is 2.77. The fraction of sp³-hybridized carbons (Fsp3) is 0.625. The second-order valence-corrected chi connectivity index (χ2v) is 3.46. The molecule has 0 atom stereocenters. The minimum absolute atomic E-state index is 0.161. The van der Waals surface area contributed by atoms with Gasteiger partial charge in [0, 0.05) is 12.8 Å². The van der Waals surface area contributed by atoms with Crippen LogP contribution in [0, 0.1) is 0 Å². The summed E-state index contributed by atoms with van der Waals surface area (Å²) in [6.07, 6.45) is 1.13. The zero-order valence-corrected chi connectivity index (χ0v) is 6.95. The summed E-state index contributed by atoms with van der Waals surface area (Å²) in [6, 6.07) is 0. The predicted molar refractivity (Wildman–Crippen MR) is 40.7 cm³/mol. The molecule has 2 aliphatic rings. The quantitative estimate of drug-likeness (QED) is 0.599. The number of hydrogen-bond acceptors (Lipinski definition) is 3. The SMILES string of the molecule is O=C1CCC(=O)N1C1(C(=O)O)CC1. The van der Waals surface area contributed by atoms with Crippen LogP contribution in [0.5, 0.6) is 0 Å². The number of carbonyl (C=O) groups is 3. The van der Waals surface area contributed by atoms with Crippen molar-refractivity contribution in [3.63, 3.8) is 0 Å². The van der Waals surface area contributed by atoms with Crippen molar-refractivity contribution < 1.29 is 19.5 Å². The molecule has 1 aliphatic carbocycles. The Labute approximate surface area is 74.3 Å². The maximum Gasteiger partial charge on any atom is 0.330 e. The molecule has 2 rings (SSSR count). The minimum Gasteiger partial charge on any atom is -0.479 e. The summed E-state index contributed by atoms with van der Waals surface area (Å²) < 4.78 is 0. The van der Waals surface area contributed by atoms with E-state index in [9.17, 15) is 14.4 Å². The van der Waals surface area contributed by atoms with Gasteiger partial charge in [0.1, 0.15) is 5.54 Å². The number of aliphatic carboxylic acids is 1. The standard InChI is InChI=1S/C8H9NO4/c10-5-1-2-6(11)9(5)8(3-4-8)7(12)13/h1-4H2,(H,12,13). The second-order valence-electron chi connectivity index (χ2n) is 3.46. The van der Waals surface area contributed by atoms with Crippen LogP contribution in [0.25, 0.3) is 0 Å². The van der Waals surface area contributed by atoms with E-state index in [4.69, 9.17) is 5.11 Å². The molecule has 1 saturated heterocycles. The van der Waals surface area contributed by atoms with E-state index in [0.717, 1.165) is 4.90 Å². The molecule has 0 aromatic carbocycles. The van der Waals surface area contributed by atoms with Crippen LogP contribution in [0.15, 0.2) is 0 Å². The Kier molecular flexibility index (Phi) is 1.46. The second kappa shape index (κ2) is 2.31. The Morgan fingerprint density at radius 1 is 1.23 bits per heavy atom. The smallest absolute Gasteiger partial charge is 0.330 e. The summed E-state index contributed by atoms with van der Waals surface area (Å²) in [7, 11) is 0. The third-order valence-electron chi connectivity index (χ3n) is 2.60. The van der Waals surface area contributed by atoms with Gasteiger partial charge < -0.3 is 5.11 Å². The number of nitrogens with zero attached hydrogens (tertiary/aromatic N) is 1. The first-order chi connectivity index (χ1) is 6.08. The monoisotopic (exact) mass is 183 g/mol. The molecule has 70 valence electrons. The van der Waals surface area contributed by atoms with Crippen molar-refractivity contribution in [1.82, 2.24) is 4.90 Å². The maximum absolute atomic E-state index is 11.2. The number of amides is 2. The van der Waals surface area contributed by atoms with Gasteiger partial charge in [-0.15, -0.1) is 0 Å². The summed E-state index contributed by atoms with van der Waals surface area (Å²) in [5.41, 5.74) is -1.18. The van der Waals surface area contributed by atoms with Crippen molar-refractivity contribution in [1.29, 1.82) is 0 Å². The van der Waals surface area contributed by atoms with Gasteiger partial charge >= 0.3 is 5.97 Å². The Hall–Kier alpha value is -1.39. The van der Waals surface area contributed by atoms with Crippen molar-refractivity contribution in [2.45, 2.75) is 31.2 Å². The zero-order valence-electron chi connectivity index (χ0n) is 6.95. The van der Waals surface area contributed by atoms with Crippen molar-refractivity contribution in [2.75, 3.05) is 0 Å². The maximum atomic E-state index is 11.2. The molecule has 5 nitrogen and oxygen atoms in total. The van der Waals surface area contributed by atoms with Gasteiger partial charge in [-0.1, -0.05) is 0 Å². The number of carbonyl (C=O) groups excluding carboxylic acids is 2. The molecule has 0 aromatic rings. The summed E-state index contributed by atoms with van der Waals surface area (Å²) in [6.45, 7) is 0. The van der Waals surface area contributed by atoms with Gasteiger partial charge in [0.2, 0.25) is 11.8 Å². The fourth-order valence-electron chi connectivity index (χ4n) is 1.71. The molecule has 1 heterocycles. The van der Waals surface area contributed by atoms with Crippen molar-refractivity contribution >= 4 is 17.8 Å². The first-order valence-corrected chi connectivity index (χ1v) is 4.17. The van der Waals surface area contributed by atoms with E-state index < -0.39 is 11.5 Å². The lowest BCUT2D eigenvalue weighted by Crippen LogP contribution is -2.46. The molecule has 1 N–H and O–H groups in total. The van der Waals surface area contributed by atoms with E-state index in [1.165, 1.54) is 0 Å². The van der Waals surface area contributed by atoms with E-state index >= 15 is 0 Å². The lowest BCUT2D eigenvalue weighted by Gasteiger charge is -2.21. The summed E-state index contributed by atoms with van der Waals surface area (Å²) in [5.74, 6) is -1.74. The minimum atomic E-state index is -1.18. The van der Waals surface area contributed by atoms with Crippen LogP contribution in [0.4, 0.5) is 0 Å². The first kappa shape index (κ1) is 8.22. The van der Waals surface area contributed by atoms with Gasteiger partial charge in [0.25, 0.3) is 0 Å². The van der Waals surface area contributed by atoms with Crippen LogP contribution in [0.1, 0.15) is 25.7 Å². The lowest BCUT2D eigenvalue weighted by atomic mass is 10.2. The fourth-order valence-corrected chi connectivity index (χ4v) is 1.71. The molecule has 13 heavy (non-hydrogen) atoms. The van der Waals surface area contributed by atoms with Gasteiger partial charge in [-0.2, -0.15) is 0 Å². The molecule has 2 amide bonds. The highest BCUT2D eigenvalue weighted by Gasteiger charge is 2.60. The molecule has 0 unspecified atom stereocenters. The van der Waals surface area contributed by atoms with Crippen LogP contribution in [-0.2, 0) is 14.4 Å². The van der Waals surface area contributed by atoms with Crippen molar-refractivity contribution in [3.05, 3.63) is 0 Å². The van der Waals surface area contributed by atoms with E-state index in [1.54, 1.807) is 0 Å². The Morgan fingerprint density at radius 3 is 2.00 bits per heavy atom. The van der Waals surface area contributed by atoms with Gasteiger partial charge in [0.05, 0.1) is 0 Å². The zero-order chi connectivity index (χ0) is 9.64. The van der Waals surface area contributed by atoms with Gasteiger partial charge in [-0.05, 0) is 12.8 Å². The summed E-state index contributed by atoms with van der Waals surface area (Å²) in [4.78, 5) is 34.2. The molecule has 0 bridgehead atoms. The van der Waals surface area contributed by atoms with Gasteiger partial charge in [-0.25, -0.2) is 4.79 Å². The number of hydrogen-bond donors (Lipinski definition) is 1. The Morgan fingerprint density at radius 2 is 1.69 bits per heavy atom. The molecular weight excluding hydrogens is 174 g/mol. The highest BCUT2D eigenvalue weighted by atomic mass is 16.4. The van der Waals surface area contributed by atoms with Crippen LogP contribution in [0.2, 0.25) is 0 Å². The third-order valence-corrected chi connectivity index (χ3v) is 2.60. The molecule has 2 fully saturated rings. The number of likely N-dealkylation sites (tertiary alicyclic amines) is 1. The molecule has 0 radical (unpaired) electrons. The number of carboxylic acids is 1. The van der Waals surface area contributed by atoms with Crippen molar-refractivity contribution in [3.8, 4) is 0 Å². The molecule has 5 heteroatoms. The number of carboxylic acid groups (broad SMARTS) is 1. The molecule has 0 spiro atoms. The van der Waals surface area contributed by atoms with Crippen LogP contribution in [-0.4, -0.2) is 33.3 Å². The Balaban J connectivity index is 2.29. The number of imide groups is 1. The number of rotatable bonds is 2. The highest BCUT2D eigenvalue weighted by Crippen LogP contribution is 2.44. The van der Waals surface area contributed by atoms with Gasteiger partial charge in [-0.3, -0.25) is 14.5 Å². The normalized spacial score (nSPS) is 25.1. The van der Waals surface area contributed by atoms with Gasteiger partial charge in [0.15, 0.2) is 0 Å². The molecule has 1 aliphatic heterocycles. The highest BCUT2D eigenvalue weighted by molar-refractivity contribution is 6.07. The molecular formula is C8H9NO4. The summed E-state index contributed by atoms with van der Waals surface area (Å²) >= 11 is 0. The molecule has 0 aromatic heterocycles. The first-order valence-electron chi connectivity index (χ1n) is 4.17. The van der Waals surface area contributed by atoms with E-state index in [-0.39, 0.29) is 24.7 Å². The summed E-state index contributed by atoms with van der Waals surface area (Å²) in [5, 5.41) is 8.85. The predicted octanol–water partition coefficient (Wildman–Crippen LogP) is -0.247. The van der Waals surface area contributed by atoms with E-state index in [1.807, 2.05) is 0 Å². The van der Waals surface area contributed by atoms with Crippen molar-refractivity contribution in [2.24, 2.45) is 0 Å². The van der Waals surface area contributed by atoms with Crippen LogP contribution in [0.3, 0.4) is 0 Å². The van der Waals surface area contributed by atoms with Crippen LogP contribution >= 0.6 is 0 Å². The topological polar surface area (TPSA) is 74.7 Å². The lowest BCUT2D eigenvalue weighted by molar-refractivity contribution is -0.156. The van der Waals surface area contributed by atoms with E-state index in [0.29, 0.717) is 12.8 Å². The average molecular weight is 183 g/mol. The van der Waals surface area contributed by atoms with Crippen LogP contribution < -0.4 is 0 Å². The third kappa shape index (κ3) is 0.961.